The summed E-state index contributed by atoms with van der Waals surface area (Å²) < 4.78 is 5.70. The molecule has 0 radical (unpaired) electrons. The summed E-state index contributed by atoms with van der Waals surface area (Å²) in [4.78, 5) is 18.2. The lowest BCUT2D eigenvalue weighted by atomic mass is 9.73. The molecule has 2 atom stereocenters. The quantitative estimate of drug-likeness (QED) is 0.573. The molecule has 0 amide bonds. The van der Waals surface area contributed by atoms with Gasteiger partial charge < -0.3 is 4.74 Å². The maximum atomic E-state index is 11.8. The Balaban J connectivity index is 2.21. The van der Waals surface area contributed by atoms with Crippen LogP contribution in [-0.4, -0.2) is 34.3 Å². The molecule has 0 aromatic heterocycles. The molecule has 2 unspecified atom stereocenters. The molecule has 2 rings (SSSR count). The maximum absolute atomic E-state index is 11.8. The molecule has 0 spiro atoms. The summed E-state index contributed by atoms with van der Waals surface area (Å²) in [5.41, 5.74) is -0.464. The van der Waals surface area contributed by atoms with Gasteiger partial charge in [-0.15, -0.1) is 0 Å². The van der Waals surface area contributed by atoms with Crippen LogP contribution in [0.2, 0.25) is 0 Å². The van der Waals surface area contributed by atoms with Gasteiger partial charge in [-0.1, -0.05) is 32.8 Å². The monoisotopic (exact) mass is 323 g/mol. The Hall–Kier alpha value is -0.870. The minimum Gasteiger partial charge on any atom is -0.457 e. The van der Waals surface area contributed by atoms with Gasteiger partial charge in [0.15, 0.2) is 0 Å². The number of hydrogen-bond acceptors (Lipinski definition) is 4. The lowest BCUT2D eigenvalue weighted by Gasteiger charge is -2.57. The number of carbonyl (C=O) groups excluding carboxylic acids is 1. The zero-order valence-electron chi connectivity index (χ0n) is 15.4. The van der Waals surface area contributed by atoms with Gasteiger partial charge in [-0.3, -0.25) is 4.84 Å². The van der Waals surface area contributed by atoms with Crippen molar-refractivity contribution in [1.82, 2.24) is 5.06 Å². The van der Waals surface area contributed by atoms with E-state index in [2.05, 4.69) is 46.3 Å². The third-order valence-electron chi connectivity index (χ3n) is 5.32. The molecule has 1 aliphatic carbocycles. The Bertz CT molecular complexity index is 438. The number of hydrogen-bond donors (Lipinski definition) is 0. The van der Waals surface area contributed by atoms with Crippen molar-refractivity contribution in [2.24, 2.45) is 5.92 Å². The van der Waals surface area contributed by atoms with E-state index in [0.29, 0.717) is 0 Å². The first-order chi connectivity index (χ1) is 10.7. The van der Waals surface area contributed by atoms with E-state index in [9.17, 15) is 4.79 Å². The van der Waals surface area contributed by atoms with E-state index in [1.165, 1.54) is 25.3 Å². The number of piperidine rings is 1. The van der Waals surface area contributed by atoms with E-state index in [4.69, 9.17) is 9.57 Å². The Labute approximate surface area is 141 Å². The molecule has 132 valence electrons. The highest BCUT2D eigenvalue weighted by atomic mass is 16.7. The molecule has 0 aromatic rings. The van der Waals surface area contributed by atoms with Crippen molar-refractivity contribution in [1.29, 1.82) is 0 Å². The van der Waals surface area contributed by atoms with Gasteiger partial charge in [-0.05, 0) is 52.9 Å². The molecule has 4 nitrogen and oxygen atoms in total. The van der Waals surface area contributed by atoms with Crippen LogP contribution in [0.3, 0.4) is 0 Å². The van der Waals surface area contributed by atoms with Gasteiger partial charge in [0, 0.05) is 11.6 Å². The standard InChI is InChI=1S/C19H33NO3/c1-7-16(21)22-17-14(2)13-18(3,4)20(19(17,5)6)23-15-11-9-8-10-12-15/h7,14-15,17H,1,8-13H2,2-6H3. The fraction of sp³-hybridized carbons (Fsp3) is 0.842. The van der Waals surface area contributed by atoms with Gasteiger partial charge in [-0.25, -0.2) is 4.79 Å². The van der Waals surface area contributed by atoms with Gasteiger partial charge in [0.1, 0.15) is 6.10 Å². The number of nitrogens with zero attached hydrogens (tertiary/aromatic N) is 1. The molecule has 1 heterocycles. The van der Waals surface area contributed by atoms with Crippen LogP contribution in [0.4, 0.5) is 0 Å². The molecule has 1 saturated carbocycles. The van der Waals surface area contributed by atoms with E-state index >= 15 is 0 Å². The second kappa shape index (κ2) is 6.94. The highest BCUT2D eigenvalue weighted by Gasteiger charge is 2.53. The Morgan fingerprint density at radius 3 is 2.35 bits per heavy atom. The van der Waals surface area contributed by atoms with Gasteiger partial charge in [0.25, 0.3) is 0 Å². The third kappa shape index (κ3) is 3.97. The fourth-order valence-electron chi connectivity index (χ4n) is 4.60. The highest BCUT2D eigenvalue weighted by Crippen LogP contribution is 2.44. The topological polar surface area (TPSA) is 38.8 Å². The first-order valence-corrected chi connectivity index (χ1v) is 8.98. The van der Waals surface area contributed by atoms with E-state index in [1.807, 2.05) is 0 Å². The maximum Gasteiger partial charge on any atom is 0.330 e. The Kier molecular flexibility index (Phi) is 5.57. The van der Waals surface area contributed by atoms with Crippen LogP contribution in [0.25, 0.3) is 0 Å². The second-order valence-electron chi connectivity index (χ2n) is 8.37. The summed E-state index contributed by atoms with van der Waals surface area (Å²) in [7, 11) is 0. The first-order valence-electron chi connectivity index (χ1n) is 8.98. The molecule has 4 heteroatoms. The van der Waals surface area contributed by atoms with Crippen molar-refractivity contribution >= 4 is 5.97 Å². The molecule has 23 heavy (non-hydrogen) atoms. The predicted octanol–water partition coefficient (Wildman–Crippen LogP) is 4.25. The van der Waals surface area contributed by atoms with Crippen LogP contribution in [0.5, 0.6) is 0 Å². The molecule has 0 N–H and O–H groups in total. The minimum atomic E-state index is -0.378. The largest absolute Gasteiger partial charge is 0.457 e. The lowest BCUT2D eigenvalue weighted by molar-refractivity contribution is -0.334. The van der Waals surface area contributed by atoms with E-state index in [0.717, 1.165) is 19.3 Å². The van der Waals surface area contributed by atoms with Crippen LogP contribution < -0.4 is 0 Å². The molecule has 2 aliphatic rings. The van der Waals surface area contributed by atoms with Crippen LogP contribution in [-0.2, 0) is 14.4 Å². The number of esters is 1. The van der Waals surface area contributed by atoms with Crippen molar-refractivity contribution in [3.63, 3.8) is 0 Å². The molecule has 0 aromatic carbocycles. The van der Waals surface area contributed by atoms with Gasteiger partial charge in [0.2, 0.25) is 0 Å². The molecule has 2 fully saturated rings. The normalized spacial score (nSPS) is 31.5. The minimum absolute atomic E-state index is 0.0859. The zero-order chi connectivity index (χ0) is 17.3. The number of hydroxylamine groups is 2. The van der Waals surface area contributed by atoms with Crippen molar-refractivity contribution in [2.45, 2.75) is 96.4 Å². The van der Waals surface area contributed by atoms with Crippen molar-refractivity contribution < 1.29 is 14.4 Å². The molecule has 0 bridgehead atoms. The molecular weight excluding hydrogens is 290 g/mol. The van der Waals surface area contributed by atoms with E-state index in [-0.39, 0.29) is 35.2 Å². The van der Waals surface area contributed by atoms with E-state index in [1.54, 1.807) is 0 Å². The second-order valence-corrected chi connectivity index (χ2v) is 8.37. The summed E-state index contributed by atoms with van der Waals surface area (Å²) >= 11 is 0. The van der Waals surface area contributed by atoms with Crippen molar-refractivity contribution in [2.75, 3.05) is 0 Å². The molecule has 1 saturated heterocycles. The smallest absolute Gasteiger partial charge is 0.330 e. The zero-order valence-corrected chi connectivity index (χ0v) is 15.4. The Morgan fingerprint density at radius 2 is 1.78 bits per heavy atom. The lowest BCUT2D eigenvalue weighted by Crippen LogP contribution is -2.68. The summed E-state index contributed by atoms with van der Waals surface area (Å²) in [5.74, 6) is -0.0812. The Morgan fingerprint density at radius 1 is 1.17 bits per heavy atom. The van der Waals surface area contributed by atoms with Crippen LogP contribution in [0.15, 0.2) is 12.7 Å². The fourth-order valence-corrected chi connectivity index (χ4v) is 4.60. The first kappa shape index (κ1) is 18.5. The van der Waals surface area contributed by atoms with Gasteiger partial charge in [-0.2, -0.15) is 5.06 Å². The summed E-state index contributed by atoms with van der Waals surface area (Å²) in [6.45, 7) is 14.4. The van der Waals surface area contributed by atoms with Crippen molar-refractivity contribution in [3.05, 3.63) is 12.7 Å². The average molecular weight is 323 g/mol. The highest BCUT2D eigenvalue weighted by molar-refractivity contribution is 5.81. The van der Waals surface area contributed by atoms with Gasteiger partial charge in [0.05, 0.1) is 11.6 Å². The SMILES string of the molecule is C=CC(=O)OC1C(C)CC(C)(C)N(OC2CCCCC2)C1(C)C. The summed E-state index contributed by atoms with van der Waals surface area (Å²) in [5, 5.41) is 2.12. The predicted molar refractivity (Wildman–Crippen MR) is 91.8 cm³/mol. The average Bonchev–Trinajstić information content (AvgIpc) is 2.48. The van der Waals surface area contributed by atoms with Crippen LogP contribution >= 0.6 is 0 Å². The summed E-state index contributed by atoms with van der Waals surface area (Å²) in [6.07, 6.45) is 8.28. The van der Waals surface area contributed by atoms with Crippen molar-refractivity contribution in [3.8, 4) is 0 Å². The van der Waals surface area contributed by atoms with Crippen LogP contribution in [0, 0.1) is 5.92 Å². The number of ether oxygens (including phenoxy) is 1. The van der Waals surface area contributed by atoms with Crippen LogP contribution in [0.1, 0.15) is 73.1 Å². The summed E-state index contributed by atoms with van der Waals surface area (Å²) in [6, 6.07) is 0. The number of carbonyl (C=O) groups is 1. The molecular formula is C19H33NO3. The van der Waals surface area contributed by atoms with E-state index < -0.39 is 0 Å². The van der Waals surface area contributed by atoms with Gasteiger partial charge >= 0.3 is 5.97 Å². The molecule has 1 aliphatic heterocycles. The number of rotatable bonds is 4. The third-order valence-corrected chi connectivity index (χ3v) is 5.32.